The van der Waals surface area contributed by atoms with E-state index in [4.69, 9.17) is 10.5 Å². The zero-order valence-corrected chi connectivity index (χ0v) is 23.7. The molecule has 15 heteroatoms. The minimum absolute atomic E-state index is 0.0653. The third-order valence-corrected chi connectivity index (χ3v) is 6.31. The number of primary amides is 1. The number of H-pyrrole nitrogens is 1. The van der Waals surface area contributed by atoms with Crippen molar-refractivity contribution >= 4 is 57.9 Å². The Labute approximate surface area is 253 Å². The van der Waals surface area contributed by atoms with Gasteiger partial charge >= 0.3 is 18.0 Å². The van der Waals surface area contributed by atoms with E-state index in [2.05, 4.69) is 25.1 Å². The molecular formula is C30H24N6O9. The van der Waals surface area contributed by atoms with E-state index in [0.29, 0.717) is 5.56 Å². The van der Waals surface area contributed by atoms with Crippen LogP contribution in [0.1, 0.15) is 37.9 Å². The number of nitrogens with zero attached hydrogens (tertiary/aromatic N) is 2. The maximum atomic E-state index is 13.7. The highest BCUT2D eigenvalue weighted by atomic mass is 16.5. The second-order valence-corrected chi connectivity index (χ2v) is 9.13. The van der Waals surface area contributed by atoms with Gasteiger partial charge in [-0.15, -0.1) is 0 Å². The van der Waals surface area contributed by atoms with E-state index in [1.165, 1.54) is 42.5 Å². The minimum atomic E-state index is -2.15. The molecule has 4 rings (SSSR count). The largest absolute Gasteiger partial charge is 0.465 e. The summed E-state index contributed by atoms with van der Waals surface area (Å²) in [5.41, 5.74) is 4.79. The smallest absolute Gasteiger partial charge is 0.355 e. The van der Waals surface area contributed by atoms with Crippen molar-refractivity contribution in [1.82, 2.24) is 15.4 Å². The van der Waals surface area contributed by atoms with Gasteiger partial charge in [-0.25, -0.2) is 24.8 Å². The number of ether oxygens (including phenoxy) is 2. The van der Waals surface area contributed by atoms with Gasteiger partial charge in [-0.3, -0.25) is 19.2 Å². The highest BCUT2D eigenvalue weighted by Crippen LogP contribution is 2.22. The summed E-state index contributed by atoms with van der Waals surface area (Å²) in [5.74, 6) is -7.45. The van der Waals surface area contributed by atoms with Crippen LogP contribution in [0, 0.1) is 0 Å². The molecule has 0 aliphatic heterocycles. The van der Waals surface area contributed by atoms with Crippen molar-refractivity contribution in [2.75, 3.05) is 19.5 Å². The number of hydrogen-bond acceptors (Lipinski definition) is 11. The summed E-state index contributed by atoms with van der Waals surface area (Å²) in [6.07, 6.45) is 0. The number of hydrogen-bond donors (Lipinski definition) is 4. The fourth-order valence-electron chi connectivity index (χ4n) is 4.21. The van der Waals surface area contributed by atoms with Crippen LogP contribution in [0.3, 0.4) is 0 Å². The Morgan fingerprint density at radius 2 is 1.58 bits per heavy atom. The topological polar surface area (TPSA) is 229 Å². The monoisotopic (exact) mass is 612 g/mol. The summed E-state index contributed by atoms with van der Waals surface area (Å²) < 4.78 is 9.38. The van der Waals surface area contributed by atoms with Gasteiger partial charge in [-0.1, -0.05) is 42.5 Å². The average Bonchev–Trinajstić information content (AvgIpc) is 3.05. The van der Waals surface area contributed by atoms with Crippen LogP contribution in [0.4, 0.5) is 10.5 Å². The molecule has 1 aromatic heterocycles. The van der Waals surface area contributed by atoms with E-state index in [0.717, 1.165) is 14.2 Å². The molecular weight excluding hydrogens is 588 g/mol. The number of para-hydroxylation sites is 1. The predicted octanol–water partition coefficient (Wildman–Crippen LogP) is 1.43. The van der Waals surface area contributed by atoms with Crippen molar-refractivity contribution in [3.05, 3.63) is 106 Å². The first-order chi connectivity index (χ1) is 21.5. The van der Waals surface area contributed by atoms with Crippen LogP contribution in [-0.2, 0) is 23.9 Å². The Kier molecular flexibility index (Phi) is 9.53. The van der Waals surface area contributed by atoms with Crippen LogP contribution < -0.4 is 22.0 Å². The van der Waals surface area contributed by atoms with Gasteiger partial charge in [-0.05, 0) is 30.3 Å². The van der Waals surface area contributed by atoms with Crippen molar-refractivity contribution in [2.45, 2.75) is 5.92 Å². The number of Topliss-reactive ketones (excluding diaryl/α,β-unsaturated/α-hetero) is 1. The number of amides is 3. The molecule has 15 nitrogen and oxygen atoms in total. The number of aromatic amines is 1. The fraction of sp³-hybridized carbons (Fsp3) is 0.100. The summed E-state index contributed by atoms with van der Waals surface area (Å²) in [5, 5.41) is 5.80. The first kappa shape index (κ1) is 31.4. The van der Waals surface area contributed by atoms with Crippen LogP contribution in [0.15, 0.2) is 82.7 Å². The zero-order chi connectivity index (χ0) is 32.7. The number of anilines is 1. The van der Waals surface area contributed by atoms with E-state index in [1.807, 2.05) is 0 Å². The van der Waals surface area contributed by atoms with Gasteiger partial charge in [0.2, 0.25) is 5.78 Å². The van der Waals surface area contributed by atoms with Crippen molar-refractivity contribution in [2.24, 2.45) is 10.8 Å². The summed E-state index contributed by atoms with van der Waals surface area (Å²) in [6.45, 7) is 0. The standard InChI is InChI=1S/C30H24N6O9/c1-44-28(41)17-10-6-7-11-18(17)33-27(40)25(38)21(23(29(42)45-2)35-36-30(31)43)22-26(39)34-20-14-16(12-13-19(20)32-22)24(37)15-8-4-3-5-9-15/h3-14,21H,1-2H3,(H,33,40)(H,34,39)(H3,31,36,43)/b35-23+/t21-/m1/s1. The summed E-state index contributed by atoms with van der Waals surface area (Å²) in [7, 11) is 2.05. The molecule has 0 saturated heterocycles. The minimum Gasteiger partial charge on any atom is -0.465 e. The Balaban J connectivity index is 1.83. The number of fused-ring (bicyclic) bond motifs is 1. The third kappa shape index (κ3) is 6.94. The molecule has 0 spiro atoms. The number of benzene rings is 3. The fourth-order valence-corrected chi connectivity index (χ4v) is 4.21. The SMILES string of the molecule is COC(=O)/C(=N/NC(N)=O)[C@H](C(=O)C(=O)Nc1ccccc1C(=O)OC)c1nc2ccc(C(=O)c3ccccc3)cc2[nH]c1=O. The van der Waals surface area contributed by atoms with Gasteiger partial charge in [0.25, 0.3) is 11.5 Å². The molecule has 0 unspecified atom stereocenters. The van der Waals surface area contributed by atoms with E-state index in [-0.39, 0.29) is 33.6 Å². The van der Waals surface area contributed by atoms with Gasteiger partial charge < -0.3 is 25.5 Å². The Hall–Kier alpha value is -6.51. The Bertz CT molecular complexity index is 1940. The number of ketones is 2. The zero-order valence-electron chi connectivity index (χ0n) is 23.7. The lowest BCUT2D eigenvalue weighted by atomic mass is 9.93. The van der Waals surface area contributed by atoms with Crippen LogP contribution >= 0.6 is 0 Å². The highest BCUT2D eigenvalue weighted by molar-refractivity contribution is 6.53. The van der Waals surface area contributed by atoms with Crippen LogP contribution in [0.2, 0.25) is 0 Å². The lowest BCUT2D eigenvalue weighted by Crippen LogP contribution is -2.41. The normalized spacial score (nSPS) is 11.6. The molecule has 3 aromatic carbocycles. The van der Waals surface area contributed by atoms with E-state index < -0.39 is 52.5 Å². The molecule has 0 aliphatic carbocycles. The maximum Gasteiger partial charge on any atom is 0.355 e. The lowest BCUT2D eigenvalue weighted by Gasteiger charge is -2.17. The molecule has 228 valence electrons. The summed E-state index contributed by atoms with van der Waals surface area (Å²) in [4.78, 5) is 96.3. The molecule has 4 aromatic rings. The second-order valence-electron chi connectivity index (χ2n) is 9.13. The number of carbonyl (C=O) groups is 6. The van der Waals surface area contributed by atoms with Crippen molar-refractivity contribution in [3.63, 3.8) is 0 Å². The number of esters is 2. The van der Waals surface area contributed by atoms with Gasteiger partial charge in [-0.2, -0.15) is 5.10 Å². The van der Waals surface area contributed by atoms with Crippen molar-refractivity contribution in [3.8, 4) is 0 Å². The Morgan fingerprint density at radius 1 is 0.889 bits per heavy atom. The molecule has 3 amide bonds. The quantitative estimate of drug-likeness (QED) is 0.0662. The molecule has 0 saturated carbocycles. The van der Waals surface area contributed by atoms with E-state index in [1.54, 1.807) is 35.8 Å². The molecule has 45 heavy (non-hydrogen) atoms. The number of urea groups is 1. The predicted molar refractivity (Wildman–Crippen MR) is 159 cm³/mol. The second kappa shape index (κ2) is 13.6. The first-order valence-electron chi connectivity index (χ1n) is 12.9. The number of rotatable bonds is 10. The number of nitrogens with one attached hydrogen (secondary N) is 3. The molecule has 0 aliphatic rings. The molecule has 1 atom stereocenters. The summed E-state index contributed by atoms with van der Waals surface area (Å²) >= 11 is 0. The van der Waals surface area contributed by atoms with Gasteiger partial charge in [0.05, 0.1) is 36.5 Å². The van der Waals surface area contributed by atoms with Gasteiger partial charge in [0.1, 0.15) is 11.6 Å². The number of nitrogens with two attached hydrogens (primary N) is 1. The highest BCUT2D eigenvalue weighted by Gasteiger charge is 2.39. The van der Waals surface area contributed by atoms with Crippen molar-refractivity contribution < 1.29 is 38.2 Å². The number of carbonyl (C=O) groups excluding carboxylic acids is 6. The molecule has 1 heterocycles. The van der Waals surface area contributed by atoms with Crippen LogP contribution in [0.5, 0.6) is 0 Å². The number of hydrazone groups is 1. The molecule has 0 bridgehead atoms. The molecule has 5 N–H and O–H groups in total. The molecule has 0 fully saturated rings. The van der Waals surface area contributed by atoms with Gasteiger partial charge in [0, 0.05) is 11.1 Å². The summed E-state index contributed by atoms with van der Waals surface area (Å²) in [6, 6.07) is 16.9. The molecule has 0 radical (unpaired) electrons. The number of methoxy groups -OCH3 is 2. The lowest BCUT2D eigenvalue weighted by molar-refractivity contribution is -0.136. The van der Waals surface area contributed by atoms with Crippen molar-refractivity contribution in [1.29, 1.82) is 0 Å². The van der Waals surface area contributed by atoms with E-state index >= 15 is 0 Å². The third-order valence-electron chi connectivity index (χ3n) is 6.31. The van der Waals surface area contributed by atoms with Crippen LogP contribution in [0.25, 0.3) is 11.0 Å². The number of aromatic nitrogens is 2. The first-order valence-corrected chi connectivity index (χ1v) is 12.9. The van der Waals surface area contributed by atoms with Gasteiger partial charge in [0.15, 0.2) is 11.5 Å². The van der Waals surface area contributed by atoms with E-state index in [9.17, 15) is 33.6 Å². The van der Waals surface area contributed by atoms with Crippen LogP contribution in [-0.4, -0.2) is 65.3 Å². The maximum absolute atomic E-state index is 13.7. The average molecular weight is 613 g/mol. The Morgan fingerprint density at radius 3 is 2.24 bits per heavy atom.